The van der Waals surface area contributed by atoms with E-state index >= 15 is 0 Å². The van der Waals surface area contributed by atoms with E-state index in [0.717, 1.165) is 10.4 Å². The highest BCUT2D eigenvalue weighted by molar-refractivity contribution is 9.10. The molecule has 0 bridgehead atoms. The smallest absolute Gasteiger partial charge is 0.239 e. The van der Waals surface area contributed by atoms with E-state index in [9.17, 15) is 4.79 Å². The van der Waals surface area contributed by atoms with Crippen LogP contribution in [0, 0.1) is 5.92 Å². The molecule has 6 heteroatoms. The van der Waals surface area contributed by atoms with E-state index in [0.29, 0.717) is 18.3 Å². The molecule has 2 N–H and O–H groups in total. The summed E-state index contributed by atoms with van der Waals surface area (Å²) in [5.74, 6) is 2.07. The zero-order valence-corrected chi connectivity index (χ0v) is 13.4. The van der Waals surface area contributed by atoms with Gasteiger partial charge in [-0.3, -0.25) is 4.79 Å². The van der Waals surface area contributed by atoms with Crippen molar-refractivity contribution in [3.8, 4) is 0 Å². The SMILES string of the molecule is CC(C)CNC(=O)CNc1cc(Br)nc(C(C)C)n1. The number of hydrogen-bond acceptors (Lipinski definition) is 4. The molecule has 0 atom stereocenters. The molecule has 5 nitrogen and oxygen atoms in total. The van der Waals surface area contributed by atoms with Crippen molar-refractivity contribution >= 4 is 27.7 Å². The molecule has 0 saturated heterocycles. The first-order chi connectivity index (χ1) is 8.88. The van der Waals surface area contributed by atoms with Gasteiger partial charge in [0.25, 0.3) is 0 Å². The second-order valence-electron chi connectivity index (χ2n) is 5.14. The maximum absolute atomic E-state index is 11.6. The highest BCUT2D eigenvalue weighted by Crippen LogP contribution is 2.17. The third-order valence-electron chi connectivity index (χ3n) is 2.37. The Morgan fingerprint density at radius 3 is 2.58 bits per heavy atom. The summed E-state index contributed by atoms with van der Waals surface area (Å²) < 4.78 is 0.719. The summed E-state index contributed by atoms with van der Waals surface area (Å²) in [5, 5.41) is 5.86. The van der Waals surface area contributed by atoms with Crippen molar-refractivity contribution in [1.29, 1.82) is 0 Å². The molecule has 0 aliphatic rings. The first-order valence-corrected chi connectivity index (χ1v) is 7.22. The van der Waals surface area contributed by atoms with Crippen molar-refractivity contribution in [2.75, 3.05) is 18.4 Å². The largest absolute Gasteiger partial charge is 0.361 e. The van der Waals surface area contributed by atoms with Crippen molar-refractivity contribution < 1.29 is 4.79 Å². The Balaban J connectivity index is 2.55. The van der Waals surface area contributed by atoms with Crippen LogP contribution in [0.2, 0.25) is 0 Å². The molecule has 0 aliphatic heterocycles. The van der Waals surface area contributed by atoms with Gasteiger partial charge in [-0.25, -0.2) is 9.97 Å². The van der Waals surface area contributed by atoms with Gasteiger partial charge < -0.3 is 10.6 Å². The van der Waals surface area contributed by atoms with Crippen molar-refractivity contribution in [2.45, 2.75) is 33.6 Å². The number of anilines is 1. The first kappa shape index (κ1) is 15.9. The summed E-state index contributed by atoms with van der Waals surface area (Å²) in [6.07, 6.45) is 0. The molecular weight excluding hydrogens is 308 g/mol. The summed E-state index contributed by atoms with van der Waals surface area (Å²) in [7, 11) is 0. The lowest BCUT2D eigenvalue weighted by Gasteiger charge is -2.11. The Bertz CT molecular complexity index is 435. The zero-order chi connectivity index (χ0) is 14.4. The first-order valence-electron chi connectivity index (χ1n) is 6.43. The zero-order valence-electron chi connectivity index (χ0n) is 11.8. The number of rotatable bonds is 6. The number of carbonyl (C=O) groups is 1. The standard InChI is InChI=1S/C13H21BrN4O/c1-8(2)6-16-12(19)7-15-11-5-10(14)17-13(18-11)9(3)4/h5,8-9H,6-7H2,1-4H3,(H,16,19)(H,15,17,18). The van der Waals surface area contributed by atoms with Gasteiger partial charge in [0.15, 0.2) is 0 Å². The third kappa shape index (κ3) is 6.00. The fraction of sp³-hybridized carbons (Fsp3) is 0.615. The van der Waals surface area contributed by atoms with Crippen LogP contribution in [-0.4, -0.2) is 29.0 Å². The van der Waals surface area contributed by atoms with Crippen molar-refractivity contribution in [3.05, 3.63) is 16.5 Å². The van der Waals surface area contributed by atoms with Gasteiger partial charge in [0.05, 0.1) is 6.54 Å². The van der Waals surface area contributed by atoms with Crippen LogP contribution in [0.3, 0.4) is 0 Å². The normalized spacial score (nSPS) is 10.9. The van der Waals surface area contributed by atoms with E-state index < -0.39 is 0 Å². The molecule has 0 saturated carbocycles. The average Bonchev–Trinajstić information content (AvgIpc) is 2.33. The lowest BCUT2D eigenvalue weighted by Crippen LogP contribution is -2.32. The Hall–Kier alpha value is -1.17. The van der Waals surface area contributed by atoms with Gasteiger partial charge in [-0.15, -0.1) is 0 Å². The van der Waals surface area contributed by atoms with Crippen molar-refractivity contribution in [1.82, 2.24) is 15.3 Å². The van der Waals surface area contributed by atoms with Crippen LogP contribution in [0.15, 0.2) is 10.7 Å². The second-order valence-corrected chi connectivity index (χ2v) is 5.95. The maximum Gasteiger partial charge on any atom is 0.239 e. The van der Waals surface area contributed by atoms with E-state index in [1.54, 1.807) is 6.07 Å². The number of nitrogens with one attached hydrogen (secondary N) is 2. The molecule has 1 aromatic heterocycles. The molecule has 0 aromatic carbocycles. The minimum Gasteiger partial charge on any atom is -0.361 e. The van der Waals surface area contributed by atoms with Gasteiger partial charge in [0.2, 0.25) is 5.91 Å². The highest BCUT2D eigenvalue weighted by atomic mass is 79.9. The molecule has 1 heterocycles. The van der Waals surface area contributed by atoms with Gasteiger partial charge in [-0.1, -0.05) is 27.7 Å². The number of nitrogens with zero attached hydrogens (tertiary/aromatic N) is 2. The van der Waals surface area contributed by atoms with E-state index in [1.807, 2.05) is 13.8 Å². The van der Waals surface area contributed by atoms with Crippen LogP contribution in [0.25, 0.3) is 0 Å². The van der Waals surface area contributed by atoms with Gasteiger partial charge >= 0.3 is 0 Å². The van der Waals surface area contributed by atoms with Gasteiger partial charge in [-0.2, -0.15) is 0 Å². The van der Waals surface area contributed by atoms with Crippen molar-refractivity contribution in [2.24, 2.45) is 5.92 Å². The quantitative estimate of drug-likeness (QED) is 0.787. The van der Waals surface area contributed by atoms with Crippen LogP contribution < -0.4 is 10.6 Å². The van der Waals surface area contributed by atoms with Crippen LogP contribution in [0.1, 0.15) is 39.4 Å². The number of amides is 1. The molecule has 0 aliphatic carbocycles. The molecule has 1 rings (SSSR count). The summed E-state index contributed by atoms with van der Waals surface area (Å²) >= 11 is 3.35. The molecule has 1 amide bonds. The Kier molecular flexibility index (Phi) is 6.21. The maximum atomic E-state index is 11.6. The average molecular weight is 329 g/mol. The number of halogens is 1. The summed E-state index contributed by atoms with van der Waals surface area (Å²) in [6.45, 7) is 9.08. The number of carbonyl (C=O) groups excluding carboxylic acids is 1. The van der Waals surface area contributed by atoms with Gasteiger partial charge in [-0.05, 0) is 21.8 Å². The molecule has 0 radical (unpaired) electrons. The summed E-state index contributed by atoms with van der Waals surface area (Å²) in [4.78, 5) is 20.2. The topological polar surface area (TPSA) is 66.9 Å². The molecule has 0 spiro atoms. The fourth-order valence-corrected chi connectivity index (χ4v) is 1.73. The third-order valence-corrected chi connectivity index (χ3v) is 2.77. The van der Waals surface area contributed by atoms with E-state index in [-0.39, 0.29) is 18.4 Å². The van der Waals surface area contributed by atoms with E-state index in [1.165, 1.54) is 0 Å². The lowest BCUT2D eigenvalue weighted by molar-refractivity contribution is -0.119. The number of aromatic nitrogens is 2. The molecule has 106 valence electrons. The van der Waals surface area contributed by atoms with E-state index in [4.69, 9.17) is 0 Å². The predicted molar refractivity (Wildman–Crippen MR) is 80.2 cm³/mol. The monoisotopic (exact) mass is 328 g/mol. The Morgan fingerprint density at radius 2 is 2.00 bits per heavy atom. The molecule has 19 heavy (non-hydrogen) atoms. The molecular formula is C13H21BrN4O. The molecule has 0 unspecified atom stereocenters. The minimum absolute atomic E-state index is 0.0328. The minimum atomic E-state index is -0.0328. The highest BCUT2D eigenvalue weighted by Gasteiger charge is 2.08. The summed E-state index contributed by atoms with van der Waals surface area (Å²) in [5.41, 5.74) is 0. The predicted octanol–water partition coefficient (Wildman–Crippen LogP) is 2.55. The fourth-order valence-electron chi connectivity index (χ4n) is 1.34. The molecule has 1 aromatic rings. The number of hydrogen-bond donors (Lipinski definition) is 2. The van der Waals surface area contributed by atoms with Crippen LogP contribution >= 0.6 is 15.9 Å². The second kappa shape index (κ2) is 7.43. The van der Waals surface area contributed by atoms with Crippen LogP contribution in [0.5, 0.6) is 0 Å². The lowest BCUT2D eigenvalue weighted by atomic mass is 10.2. The van der Waals surface area contributed by atoms with E-state index in [2.05, 4.69) is 50.4 Å². The Morgan fingerprint density at radius 1 is 1.32 bits per heavy atom. The van der Waals surface area contributed by atoms with Crippen LogP contribution in [0.4, 0.5) is 5.82 Å². The van der Waals surface area contributed by atoms with Gasteiger partial charge in [0.1, 0.15) is 16.2 Å². The van der Waals surface area contributed by atoms with Gasteiger partial charge in [0, 0.05) is 18.5 Å². The summed E-state index contributed by atoms with van der Waals surface area (Å²) in [6, 6.07) is 1.77. The molecule has 0 fully saturated rings. The van der Waals surface area contributed by atoms with Crippen molar-refractivity contribution in [3.63, 3.8) is 0 Å². The Labute approximate surface area is 122 Å². The van der Waals surface area contributed by atoms with Crippen LogP contribution in [-0.2, 0) is 4.79 Å².